The third-order valence-electron chi connectivity index (χ3n) is 1.64. The molecule has 1 rings (SSSR count). The maximum atomic E-state index is 11.4. The molecule has 1 saturated heterocycles. The summed E-state index contributed by atoms with van der Waals surface area (Å²) in [6, 6.07) is 0. The topological polar surface area (TPSA) is 76.2 Å². The number of carbonyl (C=O) groups excluding carboxylic acids is 3. The van der Waals surface area contributed by atoms with E-state index in [1.165, 1.54) is 19.1 Å². The van der Waals surface area contributed by atoms with Gasteiger partial charge in [-0.05, 0) is 0 Å². The number of hydrazine groups is 1. The Kier molecular flexibility index (Phi) is 2.70. The van der Waals surface area contributed by atoms with Crippen LogP contribution in [0.15, 0.2) is 0 Å². The minimum absolute atomic E-state index is 0.724. The molecule has 0 N–H and O–H groups in total. The van der Waals surface area contributed by atoms with Crippen molar-refractivity contribution in [3.63, 3.8) is 0 Å². The van der Waals surface area contributed by atoms with Gasteiger partial charge in [0, 0.05) is 14.1 Å². The maximum Gasteiger partial charge on any atom is 0.433 e. The Morgan fingerprint density at radius 2 is 2.07 bits per heavy atom. The summed E-state index contributed by atoms with van der Waals surface area (Å²) in [7, 11) is 4.08. The van der Waals surface area contributed by atoms with Crippen molar-refractivity contribution < 1.29 is 23.9 Å². The first-order valence-corrected chi connectivity index (χ1v) is 3.78. The van der Waals surface area contributed by atoms with Crippen molar-refractivity contribution in [2.75, 3.05) is 21.2 Å². The smallest absolute Gasteiger partial charge is 0.433 e. The molecule has 1 unspecified atom stereocenters. The van der Waals surface area contributed by atoms with Crippen molar-refractivity contribution in [3.05, 3.63) is 0 Å². The standard InChI is InChI=1S/C7H10N2O5/c1-8(2)9-5(10)4(6(11)13-3)14-7(9)12/h4H,1-3H3. The molecule has 1 atom stereocenters. The highest BCUT2D eigenvalue weighted by Gasteiger charge is 2.47. The van der Waals surface area contributed by atoms with Crippen LogP contribution in [0.1, 0.15) is 0 Å². The molecule has 1 heterocycles. The third kappa shape index (κ3) is 1.53. The van der Waals surface area contributed by atoms with E-state index < -0.39 is 24.1 Å². The molecule has 1 aliphatic rings. The Labute approximate surface area is 80.1 Å². The highest BCUT2D eigenvalue weighted by molar-refractivity contribution is 6.10. The van der Waals surface area contributed by atoms with Crippen LogP contribution >= 0.6 is 0 Å². The zero-order valence-corrected chi connectivity index (χ0v) is 8.01. The molecule has 0 bridgehead atoms. The van der Waals surface area contributed by atoms with E-state index in [0.29, 0.717) is 0 Å². The zero-order valence-electron chi connectivity index (χ0n) is 8.01. The lowest BCUT2D eigenvalue weighted by molar-refractivity contribution is -0.155. The molecule has 14 heavy (non-hydrogen) atoms. The number of esters is 1. The monoisotopic (exact) mass is 202 g/mol. The van der Waals surface area contributed by atoms with Gasteiger partial charge >= 0.3 is 12.1 Å². The number of carbonyl (C=O) groups is 3. The molecule has 0 aromatic heterocycles. The van der Waals surface area contributed by atoms with E-state index in [-0.39, 0.29) is 0 Å². The summed E-state index contributed by atoms with van der Waals surface area (Å²) < 4.78 is 8.82. The maximum absolute atomic E-state index is 11.4. The first-order chi connectivity index (χ1) is 6.49. The first kappa shape index (κ1) is 10.5. The summed E-state index contributed by atoms with van der Waals surface area (Å²) in [6.07, 6.45) is -2.36. The number of hydrogen-bond donors (Lipinski definition) is 0. The molecule has 0 aromatic carbocycles. The van der Waals surface area contributed by atoms with E-state index in [2.05, 4.69) is 9.47 Å². The number of hydrogen-bond acceptors (Lipinski definition) is 6. The number of ether oxygens (including phenoxy) is 2. The lowest BCUT2D eigenvalue weighted by atomic mass is 10.3. The van der Waals surface area contributed by atoms with Crippen LogP contribution in [0.3, 0.4) is 0 Å². The van der Waals surface area contributed by atoms with Gasteiger partial charge < -0.3 is 9.47 Å². The second-order valence-corrected chi connectivity index (χ2v) is 2.78. The Bertz CT molecular complexity index is 288. The molecule has 0 aliphatic carbocycles. The van der Waals surface area contributed by atoms with Gasteiger partial charge in [0.25, 0.3) is 12.0 Å². The van der Waals surface area contributed by atoms with Crippen LogP contribution in [0.5, 0.6) is 0 Å². The molecule has 0 radical (unpaired) electrons. The van der Waals surface area contributed by atoms with Crippen molar-refractivity contribution in [1.82, 2.24) is 10.0 Å². The van der Waals surface area contributed by atoms with E-state index in [1.807, 2.05) is 0 Å². The highest BCUT2D eigenvalue weighted by Crippen LogP contribution is 2.14. The number of imide groups is 1. The van der Waals surface area contributed by atoms with Crippen LogP contribution in [0.4, 0.5) is 4.79 Å². The molecule has 7 heteroatoms. The van der Waals surface area contributed by atoms with Crippen molar-refractivity contribution in [2.45, 2.75) is 6.10 Å². The van der Waals surface area contributed by atoms with Gasteiger partial charge in [-0.1, -0.05) is 0 Å². The van der Waals surface area contributed by atoms with Crippen LogP contribution in [-0.2, 0) is 19.1 Å². The summed E-state index contributed by atoms with van der Waals surface area (Å²) >= 11 is 0. The summed E-state index contributed by atoms with van der Waals surface area (Å²) in [6.45, 7) is 0. The summed E-state index contributed by atoms with van der Waals surface area (Å²) in [5, 5.41) is 1.95. The molecule has 0 saturated carbocycles. The van der Waals surface area contributed by atoms with Gasteiger partial charge in [-0.2, -0.15) is 5.01 Å². The lowest BCUT2D eigenvalue weighted by Gasteiger charge is -2.17. The molecule has 0 aromatic rings. The Balaban J connectivity index is 2.84. The largest absolute Gasteiger partial charge is 0.466 e. The van der Waals surface area contributed by atoms with Crippen molar-refractivity contribution in [3.8, 4) is 0 Å². The summed E-state index contributed by atoms with van der Waals surface area (Å²) in [5.41, 5.74) is 0. The Morgan fingerprint density at radius 1 is 1.50 bits per heavy atom. The molecule has 0 spiro atoms. The van der Waals surface area contributed by atoms with Gasteiger partial charge in [-0.3, -0.25) is 4.79 Å². The van der Waals surface area contributed by atoms with Gasteiger partial charge in [-0.15, -0.1) is 0 Å². The van der Waals surface area contributed by atoms with E-state index in [1.54, 1.807) is 0 Å². The second kappa shape index (κ2) is 3.62. The van der Waals surface area contributed by atoms with E-state index in [9.17, 15) is 14.4 Å². The highest BCUT2D eigenvalue weighted by atomic mass is 16.6. The van der Waals surface area contributed by atoms with Crippen molar-refractivity contribution >= 4 is 18.0 Å². The minimum atomic E-state index is -1.48. The molecule has 7 nitrogen and oxygen atoms in total. The van der Waals surface area contributed by atoms with Gasteiger partial charge in [0.15, 0.2) is 0 Å². The van der Waals surface area contributed by atoms with Gasteiger partial charge in [0.2, 0.25) is 0 Å². The average molecular weight is 202 g/mol. The normalized spacial score (nSPS) is 21.4. The fraction of sp³-hybridized carbons (Fsp3) is 0.571. The van der Waals surface area contributed by atoms with Gasteiger partial charge in [-0.25, -0.2) is 14.6 Å². The Morgan fingerprint density at radius 3 is 2.43 bits per heavy atom. The van der Waals surface area contributed by atoms with Crippen LogP contribution in [0, 0.1) is 0 Å². The number of methoxy groups -OCH3 is 1. The van der Waals surface area contributed by atoms with E-state index >= 15 is 0 Å². The number of cyclic esters (lactones) is 1. The van der Waals surface area contributed by atoms with Crippen molar-refractivity contribution in [1.29, 1.82) is 0 Å². The fourth-order valence-electron chi connectivity index (χ4n) is 1.02. The molecule has 2 amide bonds. The van der Waals surface area contributed by atoms with Gasteiger partial charge in [0.05, 0.1) is 7.11 Å². The predicted molar refractivity (Wildman–Crippen MR) is 42.8 cm³/mol. The van der Waals surface area contributed by atoms with Crippen molar-refractivity contribution in [2.24, 2.45) is 0 Å². The fourth-order valence-corrected chi connectivity index (χ4v) is 1.02. The first-order valence-electron chi connectivity index (χ1n) is 3.78. The summed E-state index contributed by atoms with van der Waals surface area (Å²) in [5.74, 6) is -1.63. The van der Waals surface area contributed by atoms with E-state index in [0.717, 1.165) is 12.1 Å². The quantitative estimate of drug-likeness (QED) is 0.421. The average Bonchev–Trinajstić information content (AvgIpc) is 2.40. The molecule has 1 aliphatic heterocycles. The number of nitrogens with zero attached hydrogens (tertiary/aromatic N) is 2. The predicted octanol–water partition coefficient (Wildman–Crippen LogP) is -1.02. The summed E-state index contributed by atoms with van der Waals surface area (Å²) in [4.78, 5) is 33.5. The molecular weight excluding hydrogens is 192 g/mol. The van der Waals surface area contributed by atoms with Gasteiger partial charge in [0.1, 0.15) is 0 Å². The molecule has 1 fully saturated rings. The van der Waals surface area contributed by atoms with Crippen LogP contribution in [0.25, 0.3) is 0 Å². The Hall–Kier alpha value is -1.63. The minimum Gasteiger partial charge on any atom is -0.466 e. The zero-order chi connectivity index (χ0) is 10.9. The van der Waals surface area contributed by atoms with Crippen LogP contribution in [-0.4, -0.2) is 55.3 Å². The van der Waals surface area contributed by atoms with E-state index in [4.69, 9.17) is 0 Å². The van der Waals surface area contributed by atoms with Crippen LogP contribution < -0.4 is 0 Å². The number of rotatable bonds is 2. The SMILES string of the molecule is COC(=O)C1OC(=O)N(N(C)C)C1=O. The van der Waals surface area contributed by atoms with Crippen LogP contribution in [0.2, 0.25) is 0 Å². The lowest BCUT2D eigenvalue weighted by Crippen LogP contribution is -2.43. The molecule has 78 valence electrons. The third-order valence-corrected chi connectivity index (χ3v) is 1.64. The number of amides is 2. The second-order valence-electron chi connectivity index (χ2n) is 2.78. The molecular formula is C7H10N2O5.